The highest BCUT2D eigenvalue weighted by molar-refractivity contribution is 7.80. The quantitative estimate of drug-likeness (QED) is 0.648. The summed E-state index contributed by atoms with van der Waals surface area (Å²) in [7, 11) is 1.37. The molecule has 0 heterocycles. The summed E-state index contributed by atoms with van der Waals surface area (Å²) in [6.07, 6.45) is 0. The fourth-order valence-corrected chi connectivity index (χ4v) is 1.87. The van der Waals surface area contributed by atoms with Gasteiger partial charge in [0.2, 0.25) is 0 Å². The van der Waals surface area contributed by atoms with Crippen LogP contribution in [0.2, 0.25) is 0 Å². The second kappa shape index (κ2) is 6.35. The Kier molecular flexibility index (Phi) is 5.09. The molecule has 0 amide bonds. The summed E-state index contributed by atoms with van der Waals surface area (Å²) >= 11 is 5.05. The van der Waals surface area contributed by atoms with Crippen LogP contribution in [0.4, 0.5) is 5.69 Å². The fraction of sp³-hybridized carbons (Fsp3) is 0.385. The molecule has 0 bridgehead atoms. The maximum Gasteiger partial charge on any atom is 0.325 e. The number of nitrogens with zero attached hydrogens (tertiary/aromatic N) is 1. The minimum atomic E-state index is -0.286. The van der Waals surface area contributed by atoms with Crippen LogP contribution in [0, 0.1) is 6.92 Å². The van der Waals surface area contributed by atoms with E-state index >= 15 is 0 Å². The van der Waals surface area contributed by atoms with Gasteiger partial charge in [0.15, 0.2) is 0 Å². The van der Waals surface area contributed by atoms with Gasteiger partial charge in [-0.1, -0.05) is 23.8 Å². The van der Waals surface area contributed by atoms with Gasteiger partial charge in [-0.2, -0.15) is 0 Å². The van der Waals surface area contributed by atoms with Crippen molar-refractivity contribution < 1.29 is 9.53 Å². The third-order valence-corrected chi connectivity index (χ3v) is 2.91. The van der Waals surface area contributed by atoms with Gasteiger partial charge < -0.3 is 15.4 Å². The van der Waals surface area contributed by atoms with E-state index in [2.05, 4.69) is 4.74 Å². The van der Waals surface area contributed by atoms with E-state index in [1.807, 2.05) is 36.9 Å². The van der Waals surface area contributed by atoms with Crippen LogP contribution in [0.1, 0.15) is 18.1 Å². The second-order valence-electron chi connectivity index (χ2n) is 3.98. The van der Waals surface area contributed by atoms with Crippen molar-refractivity contribution in [3.05, 3.63) is 29.3 Å². The van der Waals surface area contributed by atoms with Crippen LogP contribution in [0.25, 0.3) is 0 Å². The molecule has 2 N–H and O–H groups in total. The zero-order chi connectivity index (χ0) is 13.7. The third kappa shape index (κ3) is 3.43. The topological polar surface area (TPSA) is 55.6 Å². The summed E-state index contributed by atoms with van der Waals surface area (Å²) in [6.45, 7) is 4.80. The minimum absolute atomic E-state index is 0.186. The number of rotatable bonds is 5. The molecule has 98 valence electrons. The Morgan fingerprint density at radius 3 is 2.67 bits per heavy atom. The van der Waals surface area contributed by atoms with Gasteiger partial charge in [-0.25, -0.2) is 0 Å². The molecule has 0 spiro atoms. The van der Waals surface area contributed by atoms with Crippen molar-refractivity contribution in [1.29, 1.82) is 0 Å². The first-order valence-corrected chi connectivity index (χ1v) is 6.12. The van der Waals surface area contributed by atoms with E-state index in [0.717, 1.165) is 16.8 Å². The van der Waals surface area contributed by atoms with Crippen LogP contribution in [-0.2, 0) is 9.53 Å². The summed E-state index contributed by atoms with van der Waals surface area (Å²) in [5.41, 5.74) is 8.46. The summed E-state index contributed by atoms with van der Waals surface area (Å²) < 4.78 is 4.68. The van der Waals surface area contributed by atoms with Crippen LogP contribution in [-0.4, -0.2) is 31.2 Å². The van der Waals surface area contributed by atoms with Crippen molar-refractivity contribution >= 4 is 28.9 Å². The lowest BCUT2D eigenvalue weighted by Gasteiger charge is -2.24. The highest BCUT2D eigenvalue weighted by Gasteiger charge is 2.15. The monoisotopic (exact) mass is 266 g/mol. The number of esters is 1. The van der Waals surface area contributed by atoms with Crippen molar-refractivity contribution in [3.8, 4) is 0 Å². The molecule has 1 aromatic carbocycles. The smallest absolute Gasteiger partial charge is 0.325 e. The zero-order valence-corrected chi connectivity index (χ0v) is 11.7. The Bertz CT molecular complexity index is 460. The first-order chi connectivity index (χ1) is 8.49. The number of aryl methyl sites for hydroxylation is 1. The van der Waals surface area contributed by atoms with E-state index < -0.39 is 0 Å². The molecule has 0 saturated carbocycles. The van der Waals surface area contributed by atoms with Gasteiger partial charge in [0.1, 0.15) is 11.5 Å². The number of anilines is 1. The van der Waals surface area contributed by atoms with Crippen molar-refractivity contribution in [3.63, 3.8) is 0 Å². The second-order valence-corrected chi connectivity index (χ2v) is 4.41. The summed E-state index contributed by atoms with van der Waals surface area (Å²) in [5.74, 6) is -0.286. The molecular weight excluding hydrogens is 248 g/mol. The fourth-order valence-electron chi connectivity index (χ4n) is 1.71. The van der Waals surface area contributed by atoms with E-state index in [1.165, 1.54) is 7.11 Å². The molecular formula is C13H18N2O2S. The predicted molar refractivity (Wildman–Crippen MR) is 77.0 cm³/mol. The van der Waals surface area contributed by atoms with Crippen molar-refractivity contribution in [2.24, 2.45) is 5.73 Å². The molecule has 0 saturated heterocycles. The average molecular weight is 266 g/mol. The molecule has 0 radical (unpaired) electrons. The number of hydrogen-bond acceptors (Lipinski definition) is 4. The number of methoxy groups -OCH3 is 1. The van der Waals surface area contributed by atoms with E-state index in [0.29, 0.717) is 11.5 Å². The average Bonchev–Trinajstić information content (AvgIpc) is 2.35. The van der Waals surface area contributed by atoms with Gasteiger partial charge in [0, 0.05) is 17.8 Å². The lowest BCUT2D eigenvalue weighted by atomic mass is 10.1. The number of hydrogen-bond donors (Lipinski definition) is 1. The number of carbonyl (C=O) groups excluding carboxylic acids is 1. The Morgan fingerprint density at radius 1 is 1.50 bits per heavy atom. The number of nitrogens with two attached hydrogens (primary N) is 1. The van der Waals surface area contributed by atoms with Gasteiger partial charge in [-0.05, 0) is 26.0 Å². The molecule has 0 aliphatic carbocycles. The highest BCUT2D eigenvalue weighted by atomic mass is 32.1. The number of thiocarbonyl (C=S) groups is 1. The van der Waals surface area contributed by atoms with Crippen molar-refractivity contribution in [1.82, 2.24) is 0 Å². The molecule has 0 fully saturated rings. The number of likely N-dealkylation sites (N-methyl/N-ethyl adjacent to an activating group) is 1. The van der Waals surface area contributed by atoms with Crippen LogP contribution < -0.4 is 10.6 Å². The molecule has 0 aliphatic heterocycles. The van der Waals surface area contributed by atoms with Crippen LogP contribution in [0.5, 0.6) is 0 Å². The highest BCUT2D eigenvalue weighted by Crippen LogP contribution is 2.22. The Morgan fingerprint density at radius 2 is 2.17 bits per heavy atom. The molecule has 5 heteroatoms. The Balaban J connectivity index is 3.12. The molecule has 0 aliphatic rings. The number of ether oxygens (including phenoxy) is 1. The minimum Gasteiger partial charge on any atom is -0.468 e. The van der Waals surface area contributed by atoms with Crippen LogP contribution >= 0.6 is 12.2 Å². The van der Waals surface area contributed by atoms with Gasteiger partial charge >= 0.3 is 5.97 Å². The van der Waals surface area contributed by atoms with Gasteiger partial charge in [-0.15, -0.1) is 0 Å². The van der Waals surface area contributed by atoms with Crippen LogP contribution in [0.15, 0.2) is 18.2 Å². The lowest BCUT2D eigenvalue weighted by Crippen LogP contribution is -2.32. The zero-order valence-electron chi connectivity index (χ0n) is 10.9. The van der Waals surface area contributed by atoms with Gasteiger partial charge in [0.05, 0.1) is 7.11 Å². The standard InChI is InChI=1S/C13H18N2O2S/c1-4-15(8-12(16)17-3)11-6-5-9(2)7-10(11)13(14)18/h5-7H,4,8H2,1-3H3,(H2,14,18). The molecule has 0 atom stereocenters. The summed E-state index contributed by atoms with van der Waals surface area (Å²) in [5, 5.41) is 0. The van der Waals surface area contributed by atoms with Gasteiger partial charge in [-0.3, -0.25) is 4.79 Å². The molecule has 1 rings (SSSR count). The normalized spacial score (nSPS) is 9.94. The molecule has 0 unspecified atom stereocenters. The van der Waals surface area contributed by atoms with Crippen molar-refractivity contribution in [2.45, 2.75) is 13.8 Å². The lowest BCUT2D eigenvalue weighted by molar-refractivity contribution is -0.138. The van der Waals surface area contributed by atoms with Gasteiger partial charge in [0.25, 0.3) is 0 Å². The van der Waals surface area contributed by atoms with E-state index in [4.69, 9.17) is 18.0 Å². The first-order valence-electron chi connectivity index (χ1n) is 5.71. The third-order valence-electron chi connectivity index (χ3n) is 2.69. The van der Waals surface area contributed by atoms with E-state index in [1.54, 1.807) is 0 Å². The van der Waals surface area contributed by atoms with E-state index in [-0.39, 0.29) is 12.5 Å². The molecule has 0 aromatic heterocycles. The maximum absolute atomic E-state index is 11.4. The summed E-state index contributed by atoms with van der Waals surface area (Å²) in [4.78, 5) is 13.6. The van der Waals surface area contributed by atoms with Crippen LogP contribution in [0.3, 0.4) is 0 Å². The molecule has 4 nitrogen and oxygen atoms in total. The van der Waals surface area contributed by atoms with E-state index in [9.17, 15) is 4.79 Å². The summed E-state index contributed by atoms with van der Waals surface area (Å²) in [6, 6.07) is 5.82. The maximum atomic E-state index is 11.4. The molecule has 1 aromatic rings. The Hall–Kier alpha value is -1.62. The number of benzene rings is 1. The SMILES string of the molecule is CCN(CC(=O)OC)c1ccc(C)cc1C(N)=S. The van der Waals surface area contributed by atoms with Crippen molar-refractivity contribution in [2.75, 3.05) is 25.1 Å². The predicted octanol–water partition coefficient (Wildman–Crippen LogP) is 1.63. The first kappa shape index (κ1) is 14.4. The number of carbonyl (C=O) groups is 1. The Labute approximate surface area is 113 Å². The largest absolute Gasteiger partial charge is 0.468 e. The molecule has 18 heavy (non-hydrogen) atoms.